The maximum absolute atomic E-state index is 4.50. The molecule has 0 saturated carbocycles. The highest BCUT2D eigenvalue weighted by Crippen LogP contribution is 2.29. The Morgan fingerprint density at radius 2 is 2.24 bits per heavy atom. The quantitative estimate of drug-likeness (QED) is 0.874. The molecule has 4 nitrogen and oxygen atoms in total. The van der Waals surface area contributed by atoms with Crippen molar-refractivity contribution in [3.05, 3.63) is 33.5 Å². The van der Waals surface area contributed by atoms with E-state index in [-0.39, 0.29) is 0 Å². The third-order valence-corrected chi connectivity index (χ3v) is 5.61. The fraction of sp³-hybridized carbons (Fsp3) is 0.625. The summed E-state index contributed by atoms with van der Waals surface area (Å²) in [6.07, 6.45) is 4.88. The van der Waals surface area contributed by atoms with Crippen molar-refractivity contribution in [2.24, 2.45) is 0 Å². The molecule has 4 rings (SSSR count). The molecule has 2 aliphatic heterocycles. The Labute approximate surface area is 129 Å². The van der Waals surface area contributed by atoms with E-state index < -0.39 is 0 Å². The van der Waals surface area contributed by atoms with E-state index in [1.807, 2.05) is 11.3 Å². The molecule has 1 atom stereocenters. The van der Waals surface area contributed by atoms with Gasteiger partial charge in [-0.15, -0.1) is 21.5 Å². The van der Waals surface area contributed by atoms with Crippen LogP contribution in [0.4, 0.5) is 0 Å². The standard InChI is InChI=1S/C16H22N4S/c1-12-8-13(11-21-12)9-19-6-2-4-14(10-19)16-18-17-15-5-3-7-20(15)16/h8,11,14H,2-7,9-10H2,1H3. The van der Waals surface area contributed by atoms with E-state index in [4.69, 9.17) is 0 Å². The minimum Gasteiger partial charge on any atom is -0.315 e. The molecule has 2 aliphatic rings. The van der Waals surface area contributed by atoms with Crippen molar-refractivity contribution in [3.8, 4) is 0 Å². The second-order valence-electron chi connectivity index (χ2n) is 6.37. The second-order valence-corrected chi connectivity index (χ2v) is 7.48. The van der Waals surface area contributed by atoms with Gasteiger partial charge in [-0.05, 0) is 49.7 Å². The molecule has 1 fully saturated rings. The summed E-state index contributed by atoms with van der Waals surface area (Å²) in [7, 11) is 0. The van der Waals surface area contributed by atoms with Gasteiger partial charge in [-0.2, -0.15) is 0 Å². The van der Waals surface area contributed by atoms with Crippen LogP contribution in [0.25, 0.3) is 0 Å². The van der Waals surface area contributed by atoms with E-state index >= 15 is 0 Å². The predicted octanol–water partition coefficient (Wildman–Crippen LogP) is 2.97. The molecule has 4 heterocycles. The van der Waals surface area contributed by atoms with E-state index in [2.05, 4.69) is 38.0 Å². The SMILES string of the molecule is Cc1cc(CN2CCCC(c3nnc4n3CCC4)C2)cs1. The van der Waals surface area contributed by atoms with Gasteiger partial charge in [0.1, 0.15) is 11.6 Å². The highest BCUT2D eigenvalue weighted by Gasteiger charge is 2.28. The second kappa shape index (κ2) is 5.54. The molecular formula is C16H22N4S. The van der Waals surface area contributed by atoms with Gasteiger partial charge in [-0.25, -0.2) is 0 Å². The molecule has 0 spiro atoms. The number of fused-ring (bicyclic) bond motifs is 1. The van der Waals surface area contributed by atoms with Crippen LogP contribution < -0.4 is 0 Å². The maximum Gasteiger partial charge on any atom is 0.137 e. The van der Waals surface area contributed by atoms with Gasteiger partial charge in [-0.3, -0.25) is 4.90 Å². The zero-order chi connectivity index (χ0) is 14.2. The number of likely N-dealkylation sites (tertiary alicyclic amines) is 1. The summed E-state index contributed by atoms with van der Waals surface area (Å²) >= 11 is 1.85. The smallest absolute Gasteiger partial charge is 0.137 e. The van der Waals surface area contributed by atoms with Crippen molar-refractivity contribution in [3.63, 3.8) is 0 Å². The van der Waals surface area contributed by atoms with Crippen LogP contribution in [0.3, 0.4) is 0 Å². The van der Waals surface area contributed by atoms with Crippen LogP contribution in [0.2, 0.25) is 0 Å². The topological polar surface area (TPSA) is 34.0 Å². The molecule has 2 aromatic rings. The fourth-order valence-electron chi connectivity index (χ4n) is 3.72. The molecule has 21 heavy (non-hydrogen) atoms. The molecule has 0 aliphatic carbocycles. The lowest BCUT2D eigenvalue weighted by Crippen LogP contribution is -2.34. The number of aryl methyl sites for hydroxylation is 2. The first-order valence-corrected chi connectivity index (χ1v) is 8.86. The fourth-order valence-corrected chi connectivity index (χ4v) is 4.42. The number of nitrogens with zero attached hydrogens (tertiary/aromatic N) is 4. The molecule has 0 radical (unpaired) electrons. The minimum absolute atomic E-state index is 0.567. The number of thiophene rings is 1. The summed E-state index contributed by atoms with van der Waals surface area (Å²) in [6, 6.07) is 2.32. The molecule has 1 unspecified atom stereocenters. The Hall–Kier alpha value is -1.20. The Morgan fingerprint density at radius 3 is 3.10 bits per heavy atom. The predicted molar refractivity (Wildman–Crippen MR) is 84.7 cm³/mol. The van der Waals surface area contributed by atoms with Crippen LogP contribution in [0, 0.1) is 6.92 Å². The summed E-state index contributed by atoms with van der Waals surface area (Å²) in [6.45, 7) is 6.74. The summed E-state index contributed by atoms with van der Waals surface area (Å²) < 4.78 is 2.38. The summed E-state index contributed by atoms with van der Waals surface area (Å²) in [5.41, 5.74) is 1.46. The highest BCUT2D eigenvalue weighted by molar-refractivity contribution is 7.10. The van der Waals surface area contributed by atoms with Gasteiger partial charge in [0.2, 0.25) is 0 Å². The third kappa shape index (κ3) is 2.64. The average Bonchev–Trinajstić information content (AvgIpc) is 3.16. The third-order valence-electron chi connectivity index (χ3n) is 4.70. The monoisotopic (exact) mass is 302 g/mol. The first kappa shape index (κ1) is 13.5. The number of piperidine rings is 1. The zero-order valence-electron chi connectivity index (χ0n) is 12.6. The number of aromatic nitrogens is 3. The molecular weight excluding hydrogens is 280 g/mol. The van der Waals surface area contributed by atoms with Gasteiger partial charge in [0.25, 0.3) is 0 Å². The van der Waals surface area contributed by atoms with Gasteiger partial charge >= 0.3 is 0 Å². The molecule has 2 aromatic heterocycles. The van der Waals surface area contributed by atoms with Crippen molar-refractivity contribution in [1.29, 1.82) is 0 Å². The lowest BCUT2D eigenvalue weighted by atomic mass is 9.97. The molecule has 1 saturated heterocycles. The maximum atomic E-state index is 4.50. The summed E-state index contributed by atoms with van der Waals surface area (Å²) in [5, 5.41) is 11.2. The van der Waals surface area contributed by atoms with Crippen LogP contribution >= 0.6 is 11.3 Å². The molecule has 0 bridgehead atoms. The Morgan fingerprint density at radius 1 is 1.29 bits per heavy atom. The summed E-state index contributed by atoms with van der Waals surface area (Å²) in [4.78, 5) is 4.00. The van der Waals surface area contributed by atoms with Crippen molar-refractivity contribution in [2.45, 2.75) is 51.6 Å². The first-order chi connectivity index (χ1) is 10.3. The van der Waals surface area contributed by atoms with Crippen molar-refractivity contribution in [2.75, 3.05) is 13.1 Å². The van der Waals surface area contributed by atoms with Gasteiger partial charge in [0.05, 0.1) is 0 Å². The van der Waals surface area contributed by atoms with E-state index in [0.717, 1.165) is 26.1 Å². The van der Waals surface area contributed by atoms with E-state index in [1.54, 1.807) is 0 Å². The van der Waals surface area contributed by atoms with Crippen LogP contribution in [0.5, 0.6) is 0 Å². The Bertz CT molecular complexity index is 630. The van der Waals surface area contributed by atoms with E-state index in [9.17, 15) is 0 Å². The number of rotatable bonds is 3. The zero-order valence-corrected chi connectivity index (χ0v) is 13.4. The van der Waals surface area contributed by atoms with Crippen molar-refractivity contribution < 1.29 is 0 Å². The van der Waals surface area contributed by atoms with Gasteiger partial charge in [-0.1, -0.05) is 0 Å². The molecule has 0 N–H and O–H groups in total. The van der Waals surface area contributed by atoms with Gasteiger partial charge < -0.3 is 4.57 Å². The molecule has 5 heteroatoms. The van der Waals surface area contributed by atoms with Crippen LogP contribution in [0.1, 0.15) is 47.3 Å². The highest BCUT2D eigenvalue weighted by atomic mass is 32.1. The number of hydrogen-bond donors (Lipinski definition) is 0. The first-order valence-electron chi connectivity index (χ1n) is 7.98. The van der Waals surface area contributed by atoms with Gasteiger partial charge in [0.15, 0.2) is 0 Å². The van der Waals surface area contributed by atoms with E-state index in [0.29, 0.717) is 5.92 Å². The molecule has 0 amide bonds. The normalized spacial score (nSPS) is 22.6. The molecule has 0 aromatic carbocycles. The Kier molecular flexibility index (Phi) is 3.55. The Balaban J connectivity index is 1.47. The minimum atomic E-state index is 0.567. The van der Waals surface area contributed by atoms with Gasteiger partial charge in [0, 0.05) is 36.9 Å². The van der Waals surface area contributed by atoms with E-state index in [1.165, 1.54) is 47.9 Å². The van der Waals surface area contributed by atoms with Crippen LogP contribution in [0.15, 0.2) is 11.4 Å². The largest absolute Gasteiger partial charge is 0.315 e. The van der Waals surface area contributed by atoms with Crippen LogP contribution in [-0.4, -0.2) is 32.8 Å². The van der Waals surface area contributed by atoms with Crippen molar-refractivity contribution >= 4 is 11.3 Å². The lowest BCUT2D eigenvalue weighted by Gasteiger charge is -2.32. The van der Waals surface area contributed by atoms with Crippen LogP contribution in [-0.2, 0) is 19.5 Å². The average molecular weight is 302 g/mol. The van der Waals surface area contributed by atoms with Crippen molar-refractivity contribution in [1.82, 2.24) is 19.7 Å². The number of hydrogen-bond acceptors (Lipinski definition) is 4. The lowest BCUT2D eigenvalue weighted by molar-refractivity contribution is 0.195. The summed E-state index contributed by atoms with van der Waals surface area (Å²) in [5.74, 6) is 3.02. The molecule has 112 valence electrons.